The number of hydrogen-bond acceptors (Lipinski definition) is 1. The molecule has 0 amide bonds. The van der Waals surface area contributed by atoms with E-state index in [1.54, 1.807) is 0 Å². The molecule has 0 atom stereocenters. The van der Waals surface area contributed by atoms with Gasteiger partial charge in [-0.2, -0.15) is 5.26 Å². The first kappa shape index (κ1) is 15.9. The van der Waals surface area contributed by atoms with Gasteiger partial charge in [-0.05, 0) is 31.6 Å². The summed E-state index contributed by atoms with van der Waals surface area (Å²) < 4.78 is 0. The summed E-state index contributed by atoms with van der Waals surface area (Å²) in [6.07, 6.45) is 6.05. The Morgan fingerprint density at radius 3 is 1.71 bits per heavy atom. The van der Waals surface area contributed by atoms with Crippen LogP contribution in [0, 0.1) is 23.2 Å². The maximum Gasteiger partial charge on any atom is 0.0655 e. The average Bonchev–Trinajstić information content (AvgIpc) is 2.23. The molecule has 0 heterocycles. The van der Waals surface area contributed by atoms with Gasteiger partial charge in [-0.15, -0.1) is 0 Å². The fourth-order valence-corrected chi connectivity index (χ4v) is 1.39. The van der Waals surface area contributed by atoms with Gasteiger partial charge in [-0.25, -0.2) is 0 Å². The van der Waals surface area contributed by atoms with Crippen LogP contribution >= 0.6 is 0 Å². The molecule has 0 aromatic carbocycles. The predicted molar refractivity (Wildman–Crippen MR) is 64.0 cm³/mol. The zero-order valence-electron chi connectivity index (χ0n) is 10.6. The third-order valence-electron chi connectivity index (χ3n) is 2.20. The van der Waals surface area contributed by atoms with Crippen molar-refractivity contribution in [2.45, 2.75) is 66.7 Å². The summed E-state index contributed by atoms with van der Waals surface area (Å²) in [5.41, 5.74) is 0. The molecule has 0 radical (unpaired) electrons. The molecule has 0 N–H and O–H groups in total. The van der Waals surface area contributed by atoms with Crippen LogP contribution in [-0.4, -0.2) is 0 Å². The molecule has 1 saturated carbocycles. The highest BCUT2D eigenvalue weighted by Gasteiger charge is 2.16. The van der Waals surface area contributed by atoms with Crippen LogP contribution in [0.5, 0.6) is 0 Å². The van der Waals surface area contributed by atoms with Crippen LogP contribution < -0.4 is 0 Å². The molecule has 0 saturated heterocycles. The summed E-state index contributed by atoms with van der Waals surface area (Å²) in [5, 5.41) is 8.53. The summed E-state index contributed by atoms with van der Waals surface area (Å²) in [6.45, 7) is 10.5. The Morgan fingerprint density at radius 1 is 1.07 bits per heavy atom. The lowest BCUT2D eigenvalue weighted by Crippen LogP contribution is -2.09. The maximum absolute atomic E-state index is 8.53. The van der Waals surface area contributed by atoms with Crippen LogP contribution in [0.1, 0.15) is 66.7 Å². The first-order chi connectivity index (χ1) is 6.74. The molecule has 0 aliphatic heterocycles. The van der Waals surface area contributed by atoms with Gasteiger partial charge in [0.15, 0.2) is 0 Å². The first-order valence-corrected chi connectivity index (χ1v) is 6.14. The summed E-state index contributed by atoms with van der Waals surface area (Å²) in [6, 6.07) is 2.32. The Balaban J connectivity index is 0. The third kappa shape index (κ3) is 9.58. The van der Waals surface area contributed by atoms with Crippen molar-refractivity contribution < 1.29 is 0 Å². The minimum absolute atomic E-state index is 0.376. The second kappa shape index (κ2) is 12.5. The van der Waals surface area contributed by atoms with E-state index in [1.165, 1.54) is 19.3 Å². The summed E-state index contributed by atoms with van der Waals surface area (Å²) in [4.78, 5) is 0. The minimum Gasteiger partial charge on any atom is -0.198 e. The van der Waals surface area contributed by atoms with Crippen molar-refractivity contribution in [3.8, 4) is 6.07 Å². The van der Waals surface area contributed by atoms with Gasteiger partial charge in [-0.3, -0.25) is 0 Å². The maximum atomic E-state index is 8.53. The normalized spacial score (nSPS) is 24.6. The smallest absolute Gasteiger partial charge is 0.0655 e. The first-order valence-electron chi connectivity index (χ1n) is 6.14. The molecule has 1 aliphatic carbocycles. The highest BCUT2D eigenvalue weighted by atomic mass is 14.3. The molecule has 84 valence electrons. The number of nitrogens with zero attached hydrogens (tertiary/aromatic N) is 1. The van der Waals surface area contributed by atoms with E-state index in [0.29, 0.717) is 5.92 Å². The second-order valence-corrected chi connectivity index (χ2v) is 3.79. The molecule has 0 unspecified atom stereocenters. The zero-order valence-corrected chi connectivity index (χ0v) is 10.6. The van der Waals surface area contributed by atoms with E-state index in [1.807, 2.05) is 13.8 Å². The van der Waals surface area contributed by atoms with Gasteiger partial charge < -0.3 is 0 Å². The molecule has 0 aromatic rings. The molecule has 1 nitrogen and oxygen atoms in total. The van der Waals surface area contributed by atoms with Crippen LogP contribution in [0.4, 0.5) is 0 Å². The summed E-state index contributed by atoms with van der Waals surface area (Å²) in [5.74, 6) is 1.25. The fourth-order valence-electron chi connectivity index (χ4n) is 1.39. The lowest BCUT2D eigenvalue weighted by Gasteiger charge is -2.20. The number of rotatable bonds is 0. The van der Waals surface area contributed by atoms with Gasteiger partial charge in [-0.1, -0.05) is 41.0 Å². The van der Waals surface area contributed by atoms with E-state index in [-0.39, 0.29) is 0 Å². The Morgan fingerprint density at radius 2 is 1.43 bits per heavy atom. The van der Waals surface area contributed by atoms with Gasteiger partial charge in [0.2, 0.25) is 0 Å². The molecule has 14 heavy (non-hydrogen) atoms. The molecule has 1 rings (SSSR count). The van der Waals surface area contributed by atoms with Crippen molar-refractivity contribution in [3.05, 3.63) is 0 Å². The van der Waals surface area contributed by atoms with E-state index < -0.39 is 0 Å². The lowest BCUT2D eigenvalue weighted by molar-refractivity contribution is 0.336. The monoisotopic (exact) mass is 197 g/mol. The molecule has 1 fully saturated rings. The van der Waals surface area contributed by atoms with Crippen LogP contribution in [-0.2, 0) is 0 Å². The SMILES string of the molecule is CC.CC1CCC(C#N)CC1.CCC. The molecule has 1 aliphatic rings. The predicted octanol–water partition coefficient (Wildman–Crippen LogP) is 4.78. The Bertz CT molecular complexity index is 127. The molecule has 0 bridgehead atoms. The molecular formula is C13H27N. The fraction of sp³-hybridized carbons (Fsp3) is 0.923. The Hall–Kier alpha value is -0.510. The lowest BCUT2D eigenvalue weighted by atomic mass is 9.84. The van der Waals surface area contributed by atoms with Gasteiger partial charge in [0.05, 0.1) is 6.07 Å². The molecular weight excluding hydrogens is 170 g/mol. The van der Waals surface area contributed by atoms with Crippen molar-refractivity contribution in [2.24, 2.45) is 11.8 Å². The largest absolute Gasteiger partial charge is 0.198 e. The van der Waals surface area contributed by atoms with E-state index in [9.17, 15) is 0 Å². The molecule has 0 aromatic heterocycles. The van der Waals surface area contributed by atoms with Gasteiger partial charge in [0.1, 0.15) is 0 Å². The Labute approximate surface area is 90.5 Å². The highest BCUT2D eigenvalue weighted by molar-refractivity contribution is 4.85. The average molecular weight is 197 g/mol. The Kier molecular flexibility index (Phi) is 14.2. The van der Waals surface area contributed by atoms with Crippen molar-refractivity contribution >= 4 is 0 Å². The topological polar surface area (TPSA) is 23.8 Å². The number of hydrogen-bond donors (Lipinski definition) is 0. The van der Waals surface area contributed by atoms with Gasteiger partial charge in [0.25, 0.3) is 0 Å². The van der Waals surface area contributed by atoms with Crippen LogP contribution in [0.2, 0.25) is 0 Å². The van der Waals surface area contributed by atoms with Crippen LogP contribution in [0.25, 0.3) is 0 Å². The van der Waals surface area contributed by atoms with Gasteiger partial charge in [0, 0.05) is 5.92 Å². The molecule has 1 heteroatoms. The minimum atomic E-state index is 0.376. The standard InChI is InChI=1S/C8H13N.C3H8.C2H6/c1-7-2-4-8(6-9)5-3-7;1-3-2;1-2/h7-8H,2-5H2,1H3;3H2,1-2H3;1-2H3. The van der Waals surface area contributed by atoms with Crippen molar-refractivity contribution in [1.82, 2.24) is 0 Å². The van der Waals surface area contributed by atoms with Crippen molar-refractivity contribution in [2.75, 3.05) is 0 Å². The van der Waals surface area contributed by atoms with Gasteiger partial charge >= 0.3 is 0 Å². The third-order valence-corrected chi connectivity index (χ3v) is 2.20. The van der Waals surface area contributed by atoms with Crippen LogP contribution in [0.3, 0.4) is 0 Å². The van der Waals surface area contributed by atoms with Crippen LogP contribution in [0.15, 0.2) is 0 Å². The zero-order chi connectivity index (χ0) is 11.4. The van der Waals surface area contributed by atoms with E-state index in [4.69, 9.17) is 5.26 Å². The summed E-state index contributed by atoms with van der Waals surface area (Å²) >= 11 is 0. The highest BCUT2D eigenvalue weighted by Crippen LogP contribution is 2.27. The van der Waals surface area contributed by atoms with E-state index in [0.717, 1.165) is 18.8 Å². The molecule has 0 spiro atoms. The summed E-state index contributed by atoms with van der Waals surface area (Å²) in [7, 11) is 0. The van der Waals surface area contributed by atoms with E-state index >= 15 is 0 Å². The second-order valence-electron chi connectivity index (χ2n) is 3.79. The van der Waals surface area contributed by atoms with Crippen molar-refractivity contribution in [3.63, 3.8) is 0 Å². The van der Waals surface area contributed by atoms with E-state index in [2.05, 4.69) is 26.8 Å². The van der Waals surface area contributed by atoms with Crippen molar-refractivity contribution in [1.29, 1.82) is 5.26 Å². The quantitative estimate of drug-likeness (QED) is 0.548. The number of nitriles is 1.